The van der Waals surface area contributed by atoms with E-state index in [0.717, 1.165) is 30.5 Å². The lowest BCUT2D eigenvalue weighted by molar-refractivity contribution is -0.121. The Morgan fingerprint density at radius 2 is 1.91 bits per heavy atom. The van der Waals surface area contributed by atoms with E-state index in [0.29, 0.717) is 19.0 Å². The number of rotatable bonds is 5. The van der Waals surface area contributed by atoms with Gasteiger partial charge in [-0.25, -0.2) is 0 Å². The van der Waals surface area contributed by atoms with Crippen molar-refractivity contribution in [1.29, 1.82) is 0 Å². The molecule has 0 heterocycles. The van der Waals surface area contributed by atoms with E-state index in [1.54, 1.807) is 0 Å². The number of halogens is 1. The van der Waals surface area contributed by atoms with Crippen molar-refractivity contribution in [3.05, 3.63) is 29.8 Å². The summed E-state index contributed by atoms with van der Waals surface area (Å²) in [5.74, 6) is 0.358. The highest BCUT2D eigenvalue weighted by molar-refractivity contribution is 5.92. The maximum Gasteiger partial charge on any atom is 0.227 e. The van der Waals surface area contributed by atoms with E-state index in [-0.39, 0.29) is 30.1 Å². The molecule has 5 nitrogen and oxygen atoms in total. The molecule has 2 rings (SSSR count). The fraction of sp³-hybridized carbons (Fsp3) is 0.500. The third-order valence-corrected chi connectivity index (χ3v) is 4.06. The predicted octanol–water partition coefficient (Wildman–Crippen LogP) is 2.06. The monoisotopic (exact) mass is 325 g/mol. The van der Waals surface area contributed by atoms with Crippen LogP contribution in [0.3, 0.4) is 0 Å². The van der Waals surface area contributed by atoms with E-state index in [2.05, 4.69) is 10.6 Å². The Kier molecular flexibility index (Phi) is 7.35. The first kappa shape index (κ1) is 18.5. The molecule has 1 aromatic carbocycles. The van der Waals surface area contributed by atoms with Crippen molar-refractivity contribution in [3.8, 4) is 0 Å². The number of amides is 2. The zero-order valence-electron chi connectivity index (χ0n) is 12.8. The van der Waals surface area contributed by atoms with Gasteiger partial charge in [0.05, 0.1) is 0 Å². The molecule has 0 aromatic heterocycles. The Labute approximate surface area is 137 Å². The van der Waals surface area contributed by atoms with Crippen LogP contribution in [0.4, 0.5) is 5.69 Å². The van der Waals surface area contributed by atoms with Crippen LogP contribution in [0.2, 0.25) is 0 Å². The Balaban J connectivity index is 0.00000242. The summed E-state index contributed by atoms with van der Waals surface area (Å²) in [4.78, 5) is 23.1. The second-order valence-corrected chi connectivity index (χ2v) is 5.63. The van der Waals surface area contributed by atoms with Gasteiger partial charge in [-0.1, -0.05) is 18.6 Å². The van der Waals surface area contributed by atoms with Crippen LogP contribution >= 0.6 is 12.4 Å². The van der Waals surface area contributed by atoms with Crippen LogP contribution in [0.25, 0.3) is 0 Å². The van der Waals surface area contributed by atoms with Gasteiger partial charge in [0.1, 0.15) is 0 Å². The maximum absolute atomic E-state index is 12.3. The van der Waals surface area contributed by atoms with E-state index in [4.69, 9.17) is 5.73 Å². The Morgan fingerprint density at radius 1 is 1.23 bits per heavy atom. The van der Waals surface area contributed by atoms with Crippen LogP contribution in [0.15, 0.2) is 24.3 Å². The first-order chi connectivity index (χ1) is 10.1. The second-order valence-electron chi connectivity index (χ2n) is 5.63. The Bertz CT molecular complexity index is 505. The van der Waals surface area contributed by atoms with Gasteiger partial charge >= 0.3 is 0 Å². The number of carbonyl (C=O) groups is 2. The Hall–Kier alpha value is -1.59. The van der Waals surface area contributed by atoms with Crippen LogP contribution in [-0.2, 0) is 16.1 Å². The topological polar surface area (TPSA) is 84.2 Å². The van der Waals surface area contributed by atoms with E-state index < -0.39 is 0 Å². The van der Waals surface area contributed by atoms with Crippen molar-refractivity contribution >= 4 is 29.9 Å². The molecule has 2 atom stereocenters. The normalized spacial score (nSPS) is 20.1. The number of nitrogens with one attached hydrogen (secondary N) is 2. The molecular formula is C16H24ClN3O2. The fourth-order valence-corrected chi connectivity index (χ4v) is 2.83. The zero-order valence-corrected chi connectivity index (χ0v) is 13.6. The first-order valence-electron chi connectivity index (χ1n) is 7.44. The third-order valence-electron chi connectivity index (χ3n) is 4.06. The standard InChI is InChI=1S/C16H23N3O2.ClH/c1-11(20)18-10-12-5-7-14(8-6-12)19-16(21)15-4-2-3-13(15)9-17;/h5-8,13,15H,2-4,9-10,17H2,1H3,(H,18,20)(H,19,21);1H/t13-,15-;/m1./s1. The largest absolute Gasteiger partial charge is 0.352 e. The number of hydrogen-bond donors (Lipinski definition) is 3. The molecule has 1 fully saturated rings. The minimum absolute atomic E-state index is 0. The van der Waals surface area contributed by atoms with Gasteiger partial charge in [0.25, 0.3) is 0 Å². The van der Waals surface area contributed by atoms with Gasteiger partial charge in [-0.15, -0.1) is 12.4 Å². The highest BCUT2D eigenvalue weighted by Gasteiger charge is 2.31. The molecule has 2 amide bonds. The van der Waals surface area contributed by atoms with Crippen molar-refractivity contribution in [2.75, 3.05) is 11.9 Å². The van der Waals surface area contributed by atoms with Gasteiger partial charge in [-0.3, -0.25) is 9.59 Å². The molecular weight excluding hydrogens is 302 g/mol. The highest BCUT2D eigenvalue weighted by Crippen LogP contribution is 2.31. The molecule has 1 aromatic rings. The van der Waals surface area contributed by atoms with Gasteiger partial charge in [0, 0.05) is 25.1 Å². The molecule has 0 spiro atoms. The van der Waals surface area contributed by atoms with Crippen LogP contribution in [-0.4, -0.2) is 18.4 Å². The van der Waals surface area contributed by atoms with E-state index >= 15 is 0 Å². The molecule has 0 saturated heterocycles. The summed E-state index contributed by atoms with van der Waals surface area (Å²) < 4.78 is 0. The van der Waals surface area contributed by atoms with Crippen LogP contribution < -0.4 is 16.4 Å². The van der Waals surface area contributed by atoms with Gasteiger partial charge in [0.2, 0.25) is 11.8 Å². The molecule has 6 heteroatoms. The van der Waals surface area contributed by atoms with Crippen LogP contribution in [0.5, 0.6) is 0 Å². The summed E-state index contributed by atoms with van der Waals surface area (Å²) in [6, 6.07) is 7.53. The average molecular weight is 326 g/mol. The molecule has 122 valence electrons. The van der Waals surface area contributed by atoms with Gasteiger partial charge < -0.3 is 16.4 Å². The Morgan fingerprint density at radius 3 is 2.50 bits per heavy atom. The average Bonchev–Trinajstić information content (AvgIpc) is 2.95. The number of hydrogen-bond acceptors (Lipinski definition) is 3. The summed E-state index contributed by atoms with van der Waals surface area (Å²) >= 11 is 0. The lowest BCUT2D eigenvalue weighted by atomic mass is 9.95. The molecule has 0 radical (unpaired) electrons. The zero-order chi connectivity index (χ0) is 15.2. The summed E-state index contributed by atoms with van der Waals surface area (Å²) in [6.45, 7) is 2.57. The molecule has 4 N–H and O–H groups in total. The number of anilines is 1. The summed E-state index contributed by atoms with van der Waals surface area (Å²) in [7, 11) is 0. The second kappa shape index (κ2) is 8.76. The SMILES string of the molecule is CC(=O)NCc1ccc(NC(=O)[C@@H]2CCC[C@@H]2CN)cc1.Cl. The summed E-state index contributed by atoms with van der Waals surface area (Å²) in [5.41, 5.74) is 7.51. The van der Waals surface area contributed by atoms with Gasteiger partial charge in [-0.05, 0) is 43.0 Å². The van der Waals surface area contributed by atoms with Crippen LogP contribution in [0.1, 0.15) is 31.7 Å². The van der Waals surface area contributed by atoms with Crippen molar-refractivity contribution in [2.24, 2.45) is 17.6 Å². The molecule has 0 bridgehead atoms. The lowest BCUT2D eigenvalue weighted by Gasteiger charge is -2.17. The number of nitrogens with two attached hydrogens (primary N) is 1. The number of benzene rings is 1. The summed E-state index contributed by atoms with van der Waals surface area (Å²) in [5, 5.41) is 5.70. The minimum atomic E-state index is -0.0542. The summed E-state index contributed by atoms with van der Waals surface area (Å²) in [6.07, 6.45) is 3.05. The van der Waals surface area contributed by atoms with E-state index in [9.17, 15) is 9.59 Å². The molecule has 1 aliphatic rings. The third kappa shape index (κ3) is 5.00. The van der Waals surface area contributed by atoms with Gasteiger partial charge in [-0.2, -0.15) is 0 Å². The van der Waals surface area contributed by atoms with Gasteiger partial charge in [0.15, 0.2) is 0 Å². The van der Waals surface area contributed by atoms with Crippen molar-refractivity contribution in [2.45, 2.75) is 32.7 Å². The fourth-order valence-electron chi connectivity index (χ4n) is 2.83. The van der Waals surface area contributed by atoms with Crippen LogP contribution in [0, 0.1) is 11.8 Å². The molecule has 0 aliphatic heterocycles. The van der Waals surface area contributed by atoms with Crippen molar-refractivity contribution < 1.29 is 9.59 Å². The predicted molar refractivity (Wildman–Crippen MR) is 89.7 cm³/mol. The molecule has 1 aliphatic carbocycles. The molecule has 0 unspecified atom stereocenters. The van der Waals surface area contributed by atoms with E-state index in [1.165, 1.54) is 6.92 Å². The minimum Gasteiger partial charge on any atom is -0.352 e. The van der Waals surface area contributed by atoms with Crippen molar-refractivity contribution in [3.63, 3.8) is 0 Å². The molecule has 22 heavy (non-hydrogen) atoms. The van der Waals surface area contributed by atoms with Crippen molar-refractivity contribution in [1.82, 2.24) is 5.32 Å². The highest BCUT2D eigenvalue weighted by atomic mass is 35.5. The van der Waals surface area contributed by atoms with E-state index in [1.807, 2.05) is 24.3 Å². The quantitative estimate of drug-likeness (QED) is 0.774. The number of carbonyl (C=O) groups excluding carboxylic acids is 2. The lowest BCUT2D eigenvalue weighted by Crippen LogP contribution is -2.29. The maximum atomic E-state index is 12.3. The molecule has 1 saturated carbocycles. The first-order valence-corrected chi connectivity index (χ1v) is 7.44. The smallest absolute Gasteiger partial charge is 0.227 e.